The molecule has 2 saturated carbocycles. The number of benzene rings is 1. The van der Waals surface area contributed by atoms with E-state index >= 15 is 0 Å². The Morgan fingerprint density at radius 3 is 2.78 bits per heavy atom. The van der Waals surface area contributed by atoms with Crippen molar-refractivity contribution < 1.29 is 4.63 Å². The Morgan fingerprint density at radius 2 is 2.06 bits per heavy atom. The van der Waals surface area contributed by atoms with Crippen molar-refractivity contribution >= 4 is 22.4 Å². The summed E-state index contributed by atoms with van der Waals surface area (Å²) in [7, 11) is 0. The zero-order chi connectivity index (χ0) is 12.2. The molecule has 0 unspecified atom stereocenters. The summed E-state index contributed by atoms with van der Waals surface area (Å²) < 4.78 is 4.77. The molecule has 94 valence electrons. The molecule has 0 amide bonds. The Kier molecular flexibility index (Phi) is 1.90. The molecule has 18 heavy (non-hydrogen) atoms. The topological polar surface area (TPSA) is 77.0 Å². The summed E-state index contributed by atoms with van der Waals surface area (Å²) in [5, 5.41) is 11.3. The first-order valence-electron chi connectivity index (χ1n) is 6.53. The third kappa shape index (κ3) is 1.46. The minimum Gasteiger partial charge on any atom is -0.397 e. The Labute approximate surface area is 105 Å². The number of nitrogens with one attached hydrogen (secondary N) is 1. The molecule has 0 spiro atoms. The van der Waals surface area contributed by atoms with E-state index in [1.807, 2.05) is 12.1 Å². The first-order chi connectivity index (χ1) is 8.78. The van der Waals surface area contributed by atoms with Gasteiger partial charge in [0.1, 0.15) is 0 Å². The number of nitrogen functional groups attached to an aromatic ring is 1. The first-order valence-corrected chi connectivity index (χ1v) is 6.53. The quantitative estimate of drug-likeness (QED) is 0.807. The van der Waals surface area contributed by atoms with Crippen LogP contribution in [0.5, 0.6) is 0 Å². The van der Waals surface area contributed by atoms with Gasteiger partial charge < -0.3 is 11.1 Å². The summed E-state index contributed by atoms with van der Waals surface area (Å²) >= 11 is 0. The SMILES string of the molecule is Nc1ccc(NCC2(C3CC3)CC2)c2nonc12. The predicted molar refractivity (Wildman–Crippen MR) is 69.1 cm³/mol. The number of nitrogens with zero attached hydrogens (tertiary/aromatic N) is 2. The van der Waals surface area contributed by atoms with Crippen molar-refractivity contribution in [1.82, 2.24) is 10.3 Å². The lowest BCUT2D eigenvalue weighted by atomic mass is 10.0. The van der Waals surface area contributed by atoms with Crippen LogP contribution in [-0.4, -0.2) is 16.9 Å². The second kappa shape index (κ2) is 3.37. The third-order valence-electron chi connectivity index (χ3n) is 4.41. The van der Waals surface area contributed by atoms with E-state index in [-0.39, 0.29) is 0 Å². The summed E-state index contributed by atoms with van der Waals surface area (Å²) in [5.74, 6) is 0.949. The fourth-order valence-corrected chi connectivity index (χ4v) is 2.89. The fraction of sp³-hybridized carbons (Fsp3) is 0.538. The van der Waals surface area contributed by atoms with Crippen LogP contribution in [0.4, 0.5) is 11.4 Å². The van der Waals surface area contributed by atoms with Gasteiger partial charge in [0.2, 0.25) is 0 Å². The van der Waals surface area contributed by atoms with Crippen LogP contribution < -0.4 is 11.1 Å². The molecule has 5 heteroatoms. The standard InChI is InChI=1S/C13H16N4O/c14-9-3-4-10(12-11(9)16-18-17-12)15-7-13(5-6-13)8-1-2-8/h3-4,8,15H,1-2,5-7,14H2. The van der Waals surface area contributed by atoms with Gasteiger partial charge in [0.25, 0.3) is 0 Å². The Hall–Kier alpha value is -1.78. The summed E-state index contributed by atoms with van der Waals surface area (Å²) in [4.78, 5) is 0. The van der Waals surface area contributed by atoms with E-state index in [4.69, 9.17) is 10.4 Å². The number of nitrogens with two attached hydrogens (primary N) is 1. The number of anilines is 2. The minimum absolute atomic E-state index is 0.560. The van der Waals surface area contributed by atoms with Gasteiger partial charge in [0.05, 0.1) is 11.4 Å². The molecule has 0 atom stereocenters. The van der Waals surface area contributed by atoms with E-state index in [1.165, 1.54) is 25.7 Å². The normalized spacial score (nSPS) is 21.1. The largest absolute Gasteiger partial charge is 0.397 e. The van der Waals surface area contributed by atoms with Gasteiger partial charge in [-0.2, -0.15) is 0 Å². The highest BCUT2D eigenvalue weighted by atomic mass is 16.6. The summed E-state index contributed by atoms with van der Waals surface area (Å²) in [6, 6.07) is 3.82. The highest BCUT2D eigenvalue weighted by molar-refractivity contribution is 5.94. The molecule has 0 saturated heterocycles. The van der Waals surface area contributed by atoms with Gasteiger partial charge in [-0.3, -0.25) is 0 Å². The number of hydrogen-bond acceptors (Lipinski definition) is 5. The van der Waals surface area contributed by atoms with Gasteiger partial charge in [-0.05, 0) is 59.5 Å². The molecule has 1 heterocycles. The van der Waals surface area contributed by atoms with Gasteiger partial charge in [-0.25, -0.2) is 4.63 Å². The van der Waals surface area contributed by atoms with Crippen LogP contribution in [0, 0.1) is 11.3 Å². The maximum atomic E-state index is 5.83. The van der Waals surface area contributed by atoms with Crippen molar-refractivity contribution in [3.8, 4) is 0 Å². The molecule has 4 rings (SSSR count). The summed E-state index contributed by atoms with van der Waals surface area (Å²) in [5.41, 5.74) is 9.37. The molecular weight excluding hydrogens is 228 g/mol. The van der Waals surface area contributed by atoms with E-state index in [1.54, 1.807) is 0 Å². The average Bonchev–Trinajstić information content (AvgIpc) is 3.27. The van der Waals surface area contributed by atoms with E-state index in [9.17, 15) is 0 Å². The molecule has 1 aromatic heterocycles. The van der Waals surface area contributed by atoms with Crippen LogP contribution in [0.3, 0.4) is 0 Å². The predicted octanol–water partition coefficient (Wildman–Crippen LogP) is 2.41. The molecule has 0 radical (unpaired) electrons. The molecular formula is C13H16N4O. The smallest absolute Gasteiger partial charge is 0.160 e. The maximum absolute atomic E-state index is 5.83. The van der Waals surface area contributed by atoms with Crippen molar-refractivity contribution in [3.05, 3.63) is 12.1 Å². The van der Waals surface area contributed by atoms with E-state index in [0.29, 0.717) is 16.6 Å². The van der Waals surface area contributed by atoms with Crippen LogP contribution in [0.25, 0.3) is 11.0 Å². The molecule has 2 aromatic rings. The minimum atomic E-state index is 0.560. The summed E-state index contributed by atoms with van der Waals surface area (Å²) in [6.45, 7) is 1.03. The third-order valence-corrected chi connectivity index (χ3v) is 4.41. The Bertz CT molecular complexity index is 598. The average molecular weight is 244 g/mol. The van der Waals surface area contributed by atoms with Gasteiger partial charge in [-0.1, -0.05) is 0 Å². The lowest BCUT2D eigenvalue weighted by Crippen LogP contribution is -2.17. The van der Waals surface area contributed by atoms with Crippen LogP contribution >= 0.6 is 0 Å². The summed E-state index contributed by atoms with van der Waals surface area (Å²) in [6.07, 6.45) is 5.54. The van der Waals surface area contributed by atoms with Gasteiger partial charge in [-0.15, -0.1) is 0 Å². The van der Waals surface area contributed by atoms with E-state index in [0.717, 1.165) is 23.7 Å². The second-order valence-electron chi connectivity index (χ2n) is 5.65. The number of fused-ring (bicyclic) bond motifs is 1. The Balaban J connectivity index is 1.59. The molecule has 2 aliphatic rings. The number of hydrogen-bond donors (Lipinski definition) is 2. The van der Waals surface area contributed by atoms with Crippen LogP contribution in [0.1, 0.15) is 25.7 Å². The van der Waals surface area contributed by atoms with Crippen LogP contribution in [-0.2, 0) is 0 Å². The second-order valence-corrected chi connectivity index (χ2v) is 5.65. The van der Waals surface area contributed by atoms with Gasteiger partial charge in [0.15, 0.2) is 11.0 Å². The van der Waals surface area contributed by atoms with Crippen molar-refractivity contribution in [1.29, 1.82) is 0 Å². The van der Waals surface area contributed by atoms with Crippen LogP contribution in [0.2, 0.25) is 0 Å². The maximum Gasteiger partial charge on any atom is 0.160 e. The van der Waals surface area contributed by atoms with Gasteiger partial charge >= 0.3 is 0 Å². The van der Waals surface area contributed by atoms with Crippen molar-refractivity contribution in [2.24, 2.45) is 11.3 Å². The molecule has 1 aromatic carbocycles. The first kappa shape index (κ1) is 10.2. The molecule has 3 N–H and O–H groups in total. The highest BCUT2D eigenvalue weighted by Gasteiger charge is 2.53. The zero-order valence-electron chi connectivity index (χ0n) is 10.1. The van der Waals surface area contributed by atoms with Crippen LogP contribution in [0.15, 0.2) is 16.8 Å². The number of aromatic nitrogens is 2. The Morgan fingerprint density at radius 1 is 1.28 bits per heavy atom. The fourth-order valence-electron chi connectivity index (χ4n) is 2.89. The van der Waals surface area contributed by atoms with E-state index in [2.05, 4.69) is 15.6 Å². The lowest BCUT2D eigenvalue weighted by molar-refractivity contribution is 0.315. The van der Waals surface area contributed by atoms with Crippen molar-refractivity contribution in [2.75, 3.05) is 17.6 Å². The molecule has 0 bridgehead atoms. The van der Waals surface area contributed by atoms with E-state index < -0.39 is 0 Å². The zero-order valence-corrected chi connectivity index (χ0v) is 10.1. The molecule has 2 aliphatic carbocycles. The molecule has 0 aliphatic heterocycles. The van der Waals surface area contributed by atoms with Crippen molar-refractivity contribution in [2.45, 2.75) is 25.7 Å². The highest BCUT2D eigenvalue weighted by Crippen LogP contribution is 2.61. The number of rotatable bonds is 4. The molecule has 5 nitrogen and oxygen atoms in total. The van der Waals surface area contributed by atoms with Crippen molar-refractivity contribution in [3.63, 3.8) is 0 Å². The van der Waals surface area contributed by atoms with Gasteiger partial charge in [0, 0.05) is 6.54 Å². The lowest BCUT2D eigenvalue weighted by Gasteiger charge is -2.16. The molecule has 2 fully saturated rings. The monoisotopic (exact) mass is 244 g/mol.